The first-order valence-electron chi connectivity index (χ1n) is 4.93. The number of carbonyl (C=O) groups excluding carboxylic acids is 2. The molecule has 0 bridgehead atoms. The van der Waals surface area contributed by atoms with Gasteiger partial charge < -0.3 is 0 Å². The molecule has 1 aromatic carbocycles. The highest BCUT2D eigenvalue weighted by molar-refractivity contribution is 7.99. The van der Waals surface area contributed by atoms with Gasteiger partial charge in [0.1, 0.15) is 5.82 Å². The summed E-state index contributed by atoms with van der Waals surface area (Å²) in [7, 11) is 0. The van der Waals surface area contributed by atoms with Crippen molar-refractivity contribution in [3.8, 4) is 0 Å². The molecule has 0 atom stereocenters. The highest BCUT2D eigenvalue weighted by Crippen LogP contribution is 2.03. The standard InChI is InChI=1S/C11H13FN2O2S/c1-17-7-11(16)14-13-10(15)6-8-2-4-9(12)5-3-8/h2-5H,6-7H2,1H3,(H,13,15)(H,14,16). The Balaban J connectivity index is 2.34. The molecule has 2 amide bonds. The molecule has 1 rings (SSSR count). The summed E-state index contributed by atoms with van der Waals surface area (Å²) in [5, 5.41) is 0. The summed E-state index contributed by atoms with van der Waals surface area (Å²) >= 11 is 1.36. The van der Waals surface area contributed by atoms with Crippen LogP contribution in [0.1, 0.15) is 5.56 Å². The van der Waals surface area contributed by atoms with E-state index in [-0.39, 0.29) is 29.8 Å². The van der Waals surface area contributed by atoms with Gasteiger partial charge in [0, 0.05) is 0 Å². The van der Waals surface area contributed by atoms with Gasteiger partial charge in [0.2, 0.25) is 11.8 Å². The Morgan fingerprint density at radius 2 is 1.76 bits per heavy atom. The summed E-state index contributed by atoms with van der Waals surface area (Å²) in [6, 6.07) is 5.63. The van der Waals surface area contributed by atoms with E-state index in [0.29, 0.717) is 5.56 Å². The second-order valence-electron chi connectivity index (χ2n) is 3.33. The fourth-order valence-corrected chi connectivity index (χ4v) is 1.47. The first-order valence-corrected chi connectivity index (χ1v) is 6.32. The van der Waals surface area contributed by atoms with Crippen LogP contribution in [0, 0.1) is 5.82 Å². The molecule has 2 N–H and O–H groups in total. The molecule has 0 saturated carbocycles. The third-order valence-electron chi connectivity index (χ3n) is 1.89. The average molecular weight is 256 g/mol. The van der Waals surface area contributed by atoms with Crippen molar-refractivity contribution in [2.75, 3.05) is 12.0 Å². The molecule has 17 heavy (non-hydrogen) atoms. The van der Waals surface area contributed by atoms with E-state index in [1.807, 2.05) is 0 Å². The molecule has 0 aliphatic heterocycles. The number of hydrazine groups is 1. The van der Waals surface area contributed by atoms with Crippen molar-refractivity contribution in [1.82, 2.24) is 10.9 Å². The van der Waals surface area contributed by atoms with Crippen LogP contribution in [-0.2, 0) is 16.0 Å². The number of rotatable bonds is 4. The maximum atomic E-state index is 12.6. The van der Waals surface area contributed by atoms with E-state index in [4.69, 9.17) is 0 Å². The Bertz CT molecular complexity index is 395. The van der Waals surface area contributed by atoms with Gasteiger partial charge in [0.05, 0.1) is 12.2 Å². The number of thioether (sulfide) groups is 1. The van der Waals surface area contributed by atoms with Crippen LogP contribution in [0.5, 0.6) is 0 Å². The Morgan fingerprint density at radius 1 is 1.18 bits per heavy atom. The van der Waals surface area contributed by atoms with Crippen molar-refractivity contribution >= 4 is 23.6 Å². The maximum Gasteiger partial charge on any atom is 0.248 e. The van der Waals surface area contributed by atoms with E-state index < -0.39 is 0 Å². The van der Waals surface area contributed by atoms with Gasteiger partial charge in [-0.05, 0) is 24.0 Å². The second kappa shape index (κ2) is 6.90. The predicted molar refractivity (Wildman–Crippen MR) is 64.8 cm³/mol. The molecule has 0 aliphatic rings. The van der Waals surface area contributed by atoms with Gasteiger partial charge in [-0.25, -0.2) is 4.39 Å². The number of hydrogen-bond donors (Lipinski definition) is 2. The summed E-state index contributed by atoms with van der Waals surface area (Å²) in [4.78, 5) is 22.4. The van der Waals surface area contributed by atoms with E-state index >= 15 is 0 Å². The Morgan fingerprint density at radius 3 is 2.35 bits per heavy atom. The molecular formula is C11H13FN2O2S. The normalized spacial score (nSPS) is 9.76. The molecule has 0 aromatic heterocycles. The van der Waals surface area contributed by atoms with Crippen LogP contribution in [0.15, 0.2) is 24.3 Å². The second-order valence-corrected chi connectivity index (χ2v) is 4.20. The number of benzene rings is 1. The zero-order valence-electron chi connectivity index (χ0n) is 9.33. The van der Waals surface area contributed by atoms with Gasteiger partial charge in [-0.3, -0.25) is 20.4 Å². The molecule has 6 heteroatoms. The van der Waals surface area contributed by atoms with Crippen LogP contribution in [0.25, 0.3) is 0 Å². The zero-order chi connectivity index (χ0) is 12.7. The Hall–Kier alpha value is -1.56. The first kappa shape index (κ1) is 13.5. The molecule has 1 aromatic rings. The Kier molecular flexibility index (Phi) is 5.48. The highest BCUT2D eigenvalue weighted by atomic mass is 32.2. The number of nitrogens with one attached hydrogen (secondary N) is 2. The summed E-state index contributed by atoms with van der Waals surface area (Å²) in [6.07, 6.45) is 1.89. The summed E-state index contributed by atoms with van der Waals surface area (Å²) < 4.78 is 12.6. The van der Waals surface area contributed by atoms with E-state index in [9.17, 15) is 14.0 Å². The van der Waals surface area contributed by atoms with Gasteiger partial charge in [0.15, 0.2) is 0 Å². The molecule has 92 valence electrons. The third-order valence-corrected chi connectivity index (χ3v) is 2.45. The van der Waals surface area contributed by atoms with Crippen LogP contribution in [0.3, 0.4) is 0 Å². The third kappa shape index (κ3) is 5.35. The van der Waals surface area contributed by atoms with Crippen molar-refractivity contribution in [2.45, 2.75) is 6.42 Å². The van der Waals surface area contributed by atoms with E-state index in [0.717, 1.165) is 0 Å². The minimum atomic E-state index is -0.345. The van der Waals surface area contributed by atoms with Crippen molar-refractivity contribution in [3.05, 3.63) is 35.6 Å². The van der Waals surface area contributed by atoms with E-state index in [1.165, 1.54) is 36.0 Å². The van der Waals surface area contributed by atoms with E-state index in [2.05, 4.69) is 10.9 Å². The van der Waals surface area contributed by atoms with Crippen molar-refractivity contribution in [1.29, 1.82) is 0 Å². The summed E-state index contributed by atoms with van der Waals surface area (Å²) in [5.41, 5.74) is 5.25. The number of carbonyl (C=O) groups is 2. The molecule has 0 aliphatic carbocycles. The van der Waals surface area contributed by atoms with E-state index in [1.54, 1.807) is 6.26 Å². The van der Waals surface area contributed by atoms with Gasteiger partial charge in [-0.1, -0.05) is 12.1 Å². The first-order chi connectivity index (χ1) is 8.11. The molecular weight excluding hydrogens is 243 g/mol. The predicted octanol–water partition coefficient (Wildman–Crippen LogP) is 0.879. The number of halogens is 1. The topological polar surface area (TPSA) is 58.2 Å². The van der Waals surface area contributed by atoms with Gasteiger partial charge in [-0.2, -0.15) is 11.8 Å². The number of amides is 2. The van der Waals surface area contributed by atoms with Gasteiger partial charge in [-0.15, -0.1) is 0 Å². The average Bonchev–Trinajstić information content (AvgIpc) is 2.30. The fraction of sp³-hybridized carbons (Fsp3) is 0.273. The van der Waals surface area contributed by atoms with Gasteiger partial charge in [0.25, 0.3) is 0 Å². The zero-order valence-corrected chi connectivity index (χ0v) is 10.1. The quantitative estimate of drug-likeness (QED) is 0.786. The SMILES string of the molecule is CSCC(=O)NNC(=O)Cc1ccc(F)cc1. The molecule has 0 radical (unpaired) electrons. The molecule has 0 spiro atoms. The van der Waals surface area contributed by atoms with Crippen LogP contribution in [-0.4, -0.2) is 23.8 Å². The lowest BCUT2D eigenvalue weighted by Gasteiger charge is -2.06. The van der Waals surface area contributed by atoms with Crippen LogP contribution >= 0.6 is 11.8 Å². The maximum absolute atomic E-state index is 12.6. The van der Waals surface area contributed by atoms with Crippen LogP contribution in [0.2, 0.25) is 0 Å². The summed E-state index contributed by atoms with van der Waals surface area (Å²) in [6.45, 7) is 0. The molecule has 4 nitrogen and oxygen atoms in total. The minimum absolute atomic E-state index is 0.0971. The monoisotopic (exact) mass is 256 g/mol. The largest absolute Gasteiger partial charge is 0.273 e. The smallest absolute Gasteiger partial charge is 0.248 e. The van der Waals surface area contributed by atoms with Crippen molar-refractivity contribution in [2.24, 2.45) is 0 Å². The molecule has 0 fully saturated rings. The lowest BCUT2D eigenvalue weighted by atomic mass is 10.1. The minimum Gasteiger partial charge on any atom is -0.273 e. The lowest BCUT2D eigenvalue weighted by molar-refractivity contribution is -0.127. The van der Waals surface area contributed by atoms with Crippen LogP contribution in [0.4, 0.5) is 4.39 Å². The van der Waals surface area contributed by atoms with Gasteiger partial charge >= 0.3 is 0 Å². The van der Waals surface area contributed by atoms with Crippen LogP contribution < -0.4 is 10.9 Å². The number of hydrogen-bond acceptors (Lipinski definition) is 3. The van der Waals surface area contributed by atoms with Crippen molar-refractivity contribution in [3.63, 3.8) is 0 Å². The highest BCUT2D eigenvalue weighted by Gasteiger charge is 2.05. The molecule has 0 saturated heterocycles. The summed E-state index contributed by atoms with van der Waals surface area (Å²) in [5.74, 6) is -0.657. The molecule has 0 unspecified atom stereocenters. The Labute approximate surface area is 103 Å². The van der Waals surface area contributed by atoms with Crippen molar-refractivity contribution < 1.29 is 14.0 Å². The molecule has 0 heterocycles. The lowest BCUT2D eigenvalue weighted by Crippen LogP contribution is -2.43. The fourth-order valence-electron chi connectivity index (χ4n) is 1.14.